The van der Waals surface area contributed by atoms with E-state index >= 15 is 0 Å². The van der Waals surface area contributed by atoms with Crippen molar-refractivity contribution in [3.63, 3.8) is 0 Å². The van der Waals surface area contributed by atoms with E-state index in [4.69, 9.17) is 9.40 Å². The van der Waals surface area contributed by atoms with Gasteiger partial charge in [-0.1, -0.05) is 48.5 Å². The van der Waals surface area contributed by atoms with Gasteiger partial charge < -0.3 is 9.52 Å². The Bertz CT molecular complexity index is 1560. The number of non-ortho nitro benzene ring substituents is 1. The summed E-state index contributed by atoms with van der Waals surface area (Å²) in [4.78, 5) is 28.3. The summed E-state index contributed by atoms with van der Waals surface area (Å²) in [7, 11) is 0. The first-order valence-electron chi connectivity index (χ1n) is 10.3. The average Bonchev–Trinajstić information content (AvgIpc) is 2.83. The smallest absolute Gasteiger partial charge is 0.343 e. The van der Waals surface area contributed by atoms with Gasteiger partial charge in [0.15, 0.2) is 0 Å². The lowest BCUT2D eigenvalue weighted by atomic mass is 9.86. The maximum absolute atomic E-state index is 13.0. The highest BCUT2D eigenvalue weighted by Gasteiger charge is 2.26. The largest absolute Gasteiger partial charge is 0.507 e. The van der Waals surface area contributed by atoms with Crippen molar-refractivity contribution in [3.8, 4) is 5.75 Å². The SMILES string of the molecule is O=c1oc2ccccc2c(O)c1C(Cc1ccc2ccccc2n1)c1ccc([N+](=O)[O-])cc1. The van der Waals surface area contributed by atoms with Crippen molar-refractivity contribution >= 4 is 27.6 Å². The number of nitro groups is 1. The molecule has 1 N–H and O–H groups in total. The number of hydrogen-bond acceptors (Lipinski definition) is 6. The fourth-order valence-electron chi connectivity index (χ4n) is 4.10. The molecular weight excluding hydrogens is 420 g/mol. The van der Waals surface area contributed by atoms with Crippen molar-refractivity contribution in [3.05, 3.63) is 122 Å². The number of aromatic hydroxyl groups is 1. The summed E-state index contributed by atoms with van der Waals surface area (Å²) < 4.78 is 5.50. The zero-order chi connectivity index (χ0) is 22.9. The third-order valence-electron chi connectivity index (χ3n) is 5.74. The van der Waals surface area contributed by atoms with Gasteiger partial charge in [-0.3, -0.25) is 15.1 Å². The highest BCUT2D eigenvalue weighted by Crippen LogP contribution is 2.36. The molecule has 0 fully saturated rings. The first-order chi connectivity index (χ1) is 16.0. The van der Waals surface area contributed by atoms with E-state index in [1.165, 1.54) is 12.1 Å². The van der Waals surface area contributed by atoms with Gasteiger partial charge in [-0.05, 0) is 29.8 Å². The Labute approximate surface area is 187 Å². The number of benzene rings is 3. The Morgan fingerprint density at radius 2 is 1.67 bits per heavy atom. The molecule has 0 radical (unpaired) electrons. The third kappa shape index (κ3) is 3.80. The van der Waals surface area contributed by atoms with Gasteiger partial charge in [-0.15, -0.1) is 0 Å². The van der Waals surface area contributed by atoms with Crippen LogP contribution < -0.4 is 5.63 Å². The number of fused-ring (bicyclic) bond motifs is 2. The topological polar surface area (TPSA) is 106 Å². The summed E-state index contributed by atoms with van der Waals surface area (Å²) >= 11 is 0. The maximum atomic E-state index is 13.0. The predicted molar refractivity (Wildman–Crippen MR) is 125 cm³/mol. The van der Waals surface area contributed by atoms with Crippen LogP contribution in [0.3, 0.4) is 0 Å². The summed E-state index contributed by atoms with van der Waals surface area (Å²) in [5.74, 6) is -0.786. The summed E-state index contributed by atoms with van der Waals surface area (Å²) in [5.41, 5.74) is 1.82. The molecular formula is C26H18N2O5. The first-order valence-corrected chi connectivity index (χ1v) is 10.3. The number of hydrogen-bond donors (Lipinski definition) is 1. The van der Waals surface area contributed by atoms with E-state index in [-0.39, 0.29) is 22.6 Å². The Morgan fingerprint density at radius 3 is 2.45 bits per heavy atom. The number of aromatic nitrogens is 1. The molecule has 1 unspecified atom stereocenters. The van der Waals surface area contributed by atoms with Crippen LogP contribution in [0, 0.1) is 10.1 Å². The van der Waals surface area contributed by atoms with Crippen LogP contribution in [0.1, 0.15) is 22.7 Å². The zero-order valence-electron chi connectivity index (χ0n) is 17.3. The number of nitro benzene ring substituents is 1. The van der Waals surface area contributed by atoms with Crippen molar-refractivity contribution in [2.45, 2.75) is 12.3 Å². The molecule has 3 aromatic carbocycles. The van der Waals surface area contributed by atoms with E-state index in [9.17, 15) is 20.0 Å². The third-order valence-corrected chi connectivity index (χ3v) is 5.74. The fraction of sp³-hybridized carbons (Fsp3) is 0.0769. The molecule has 162 valence electrons. The molecule has 7 heteroatoms. The van der Waals surface area contributed by atoms with Gasteiger partial charge in [0.05, 0.1) is 21.4 Å². The minimum atomic E-state index is -0.657. The molecule has 1 atom stereocenters. The van der Waals surface area contributed by atoms with E-state index < -0.39 is 16.5 Å². The molecule has 0 amide bonds. The van der Waals surface area contributed by atoms with Crippen LogP contribution in [0.4, 0.5) is 5.69 Å². The molecule has 7 nitrogen and oxygen atoms in total. The van der Waals surface area contributed by atoms with Gasteiger partial charge in [0.2, 0.25) is 0 Å². The van der Waals surface area contributed by atoms with Crippen molar-refractivity contribution in [2.24, 2.45) is 0 Å². The number of para-hydroxylation sites is 2. The Morgan fingerprint density at radius 1 is 0.939 bits per heavy atom. The van der Waals surface area contributed by atoms with Gasteiger partial charge >= 0.3 is 5.63 Å². The lowest BCUT2D eigenvalue weighted by molar-refractivity contribution is -0.384. The zero-order valence-corrected chi connectivity index (χ0v) is 17.3. The van der Waals surface area contributed by atoms with Gasteiger partial charge in [0.1, 0.15) is 11.3 Å². The first kappa shape index (κ1) is 20.4. The lowest BCUT2D eigenvalue weighted by Gasteiger charge is -2.18. The van der Waals surface area contributed by atoms with E-state index in [2.05, 4.69) is 0 Å². The van der Waals surface area contributed by atoms with Crippen molar-refractivity contribution in [1.29, 1.82) is 0 Å². The maximum Gasteiger partial charge on any atom is 0.343 e. The average molecular weight is 438 g/mol. The molecule has 0 aliphatic rings. The molecule has 5 rings (SSSR count). The number of rotatable bonds is 5. The highest BCUT2D eigenvalue weighted by atomic mass is 16.6. The molecule has 0 saturated heterocycles. The molecule has 0 aliphatic heterocycles. The van der Waals surface area contributed by atoms with Crippen molar-refractivity contribution in [2.75, 3.05) is 0 Å². The van der Waals surface area contributed by atoms with Crippen LogP contribution in [-0.4, -0.2) is 15.0 Å². The number of pyridine rings is 1. The molecule has 0 saturated carbocycles. The van der Waals surface area contributed by atoms with E-state index in [1.807, 2.05) is 36.4 Å². The fourth-order valence-corrected chi connectivity index (χ4v) is 4.10. The summed E-state index contributed by atoms with van der Waals surface area (Å²) in [6.45, 7) is 0. The van der Waals surface area contributed by atoms with Gasteiger partial charge in [-0.2, -0.15) is 0 Å². The van der Waals surface area contributed by atoms with Crippen LogP contribution in [-0.2, 0) is 6.42 Å². The van der Waals surface area contributed by atoms with Crippen LogP contribution in [0.15, 0.2) is 94.1 Å². The predicted octanol–water partition coefficient (Wildman–Crippen LogP) is 5.33. The van der Waals surface area contributed by atoms with E-state index in [0.717, 1.165) is 10.9 Å². The summed E-state index contributed by atoms with van der Waals surface area (Å²) in [6, 6.07) is 24.2. The molecule has 2 heterocycles. The van der Waals surface area contributed by atoms with Crippen LogP contribution in [0.2, 0.25) is 0 Å². The molecule has 0 spiro atoms. The Kier molecular flexibility index (Phi) is 5.06. The Hall–Kier alpha value is -4.52. The summed E-state index contributed by atoms with van der Waals surface area (Å²) in [5, 5.41) is 23.6. The van der Waals surface area contributed by atoms with Crippen LogP contribution in [0.5, 0.6) is 5.75 Å². The monoisotopic (exact) mass is 438 g/mol. The summed E-state index contributed by atoms with van der Waals surface area (Å²) in [6.07, 6.45) is 0.291. The molecule has 2 aromatic heterocycles. The minimum Gasteiger partial charge on any atom is -0.507 e. The molecule has 0 aliphatic carbocycles. The van der Waals surface area contributed by atoms with E-state index in [1.54, 1.807) is 36.4 Å². The second-order valence-corrected chi connectivity index (χ2v) is 7.75. The standard InChI is InChI=1S/C26H18N2O5/c29-25-20-6-2-4-8-23(20)33-26(30)24(25)21(16-10-13-19(14-11-16)28(31)32)15-18-12-9-17-5-1-3-7-22(17)27-18/h1-14,21,29H,15H2. The minimum absolute atomic E-state index is 0.0592. The molecule has 5 aromatic rings. The molecule has 33 heavy (non-hydrogen) atoms. The highest BCUT2D eigenvalue weighted by molar-refractivity contribution is 5.84. The normalized spacial score (nSPS) is 12.1. The van der Waals surface area contributed by atoms with Crippen molar-refractivity contribution < 1.29 is 14.4 Å². The second-order valence-electron chi connectivity index (χ2n) is 7.75. The van der Waals surface area contributed by atoms with Crippen LogP contribution >= 0.6 is 0 Å². The molecule has 0 bridgehead atoms. The van der Waals surface area contributed by atoms with Crippen molar-refractivity contribution in [1.82, 2.24) is 4.98 Å². The van der Waals surface area contributed by atoms with E-state index in [0.29, 0.717) is 23.1 Å². The van der Waals surface area contributed by atoms with Gasteiger partial charge in [-0.25, -0.2) is 4.79 Å². The van der Waals surface area contributed by atoms with Gasteiger partial charge in [0.25, 0.3) is 5.69 Å². The van der Waals surface area contributed by atoms with Crippen LogP contribution in [0.25, 0.3) is 21.9 Å². The lowest BCUT2D eigenvalue weighted by Crippen LogP contribution is -2.17. The Balaban J connectivity index is 1.68. The number of nitrogens with zero attached hydrogens (tertiary/aromatic N) is 2. The quantitative estimate of drug-likeness (QED) is 0.226. The second kappa shape index (κ2) is 8.20. The van der Waals surface area contributed by atoms with Gasteiger partial charge in [0, 0.05) is 35.6 Å².